The van der Waals surface area contributed by atoms with Crippen molar-refractivity contribution in [1.29, 1.82) is 0 Å². The Bertz CT molecular complexity index is 937. The summed E-state index contributed by atoms with van der Waals surface area (Å²) in [5, 5.41) is 0. The van der Waals surface area contributed by atoms with Crippen LogP contribution in [0, 0.1) is 0 Å². The summed E-state index contributed by atoms with van der Waals surface area (Å²) in [5.74, 6) is 0.0720. The van der Waals surface area contributed by atoms with E-state index in [1.807, 2.05) is 35.4 Å². The van der Waals surface area contributed by atoms with Crippen LogP contribution < -0.4 is 4.90 Å². The van der Waals surface area contributed by atoms with Gasteiger partial charge in [0.05, 0.1) is 11.1 Å². The molecular weight excluding hydrogens is 320 g/mol. The van der Waals surface area contributed by atoms with Gasteiger partial charge in [0.15, 0.2) is 0 Å². The van der Waals surface area contributed by atoms with E-state index < -0.39 is 0 Å². The van der Waals surface area contributed by atoms with E-state index in [1.54, 1.807) is 6.92 Å². The lowest BCUT2D eigenvalue weighted by Crippen LogP contribution is -2.35. The topological polar surface area (TPSA) is 33.2 Å². The smallest absolute Gasteiger partial charge is 0.223 e. The number of amides is 1. The Labute approximate surface area is 154 Å². The SMILES string of the molecule is CC(=O)N1CC(C)(c2ccccn2)c2ccc(Cc3ccccc3)cc21. The number of hydrogen-bond acceptors (Lipinski definition) is 2. The van der Waals surface area contributed by atoms with E-state index in [0.717, 1.165) is 17.8 Å². The maximum atomic E-state index is 12.3. The molecule has 26 heavy (non-hydrogen) atoms. The van der Waals surface area contributed by atoms with E-state index in [4.69, 9.17) is 0 Å². The Balaban J connectivity index is 1.77. The molecule has 2 heterocycles. The van der Waals surface area contributed by atoms with Gasteiger partial charge in [0.25, 0.3) is 0 Å². The predicted molar refractivity (Wildman–Crippen MR) is 104 cm³/mol. The monoisotopic (exact) mass is 342 g/mol. The molecule has 2 aromatic carbocycles. The fourth-order valence-corrected chi connectivity index (χ4v) is 3.88. The molecule has 3 aromatic rings. The normalized spacial score (nSPS) is 18.6. The van der Waals surface area contributed by atoms with Gasteiger partial charge in [0, 0.05) is 25.4 Å². The zero-order valence-electron chi connectivity index (χ0n) is 15.1. The highest BCUT2D eigenvalue weighted by Crippen LogP contribution is 2.44. The first-order chi connectivity index (χ1) is 12.6. The van der Waals surface area contributed by atoms with Crippen molar-refractivity contribution in [3.63, 3.8) is 0 Å². The standard InChI is InChI=1S/C23H22N2O/c1-17(26)25-16-23(2,22-10-6-7-13-24-22)20-12-11-19(15-21(20)25)14-18-8-4-3-5-9-18/h3-13,15H,14,16H2,1-2H3. The molecule has 1 amide bonds. The molecule has 0 saturated heterocycles. The number of hydrogen-bond donors (Lipinski definition) is 0. The summed E-state index contributed by atoms with van der Waals surface area (Å²) in [5.41, 5.74) is 5.38. The van der Waals surface area contributed by atoms with Gasteiger partial charge in [0.1, 0.15) is 0 Å². The van der Waals surface area contributed by atoms with Crippen molar-refractivity contribution in [1.82, 2.24) is 4.98 Å². The minimum absolute atomic E-state index is 0.0720. The number of carbonyl (C=O) groups is 1. The molecule has 1 aliphatic heterocycles. The Morgan fingerprint density at radius 1 is 1.04 bits per heavy atom. The summed E-state index contributed by atoms with van der Waals surface area (Å²) in [7, 11) is 0. The second-order valence-electron chi connectivity index (χ2n) is 7.17. The number of nitrogens with zero attached hydrogens (tertiary/aromatic N) is 2. The van der Waals surface area contributed by atoms with E-state index in [2.05, 4.69) is 54.4 Å². The van der Waals surface area contributed by atoms with Crippen molar-refractivity contribution in [2.75, 3.05) is 11.4 Å². The second kappa shape index (κ2) is 6.41. The van der Waals surface area contributed by atoms with Crippen molar-refractivity contribution < 1.29 is 4.79 Å². The predicted octanol–water partition coefficient (Wildman–Crippen LogP) is 4.34. The average molecular weight is 342 g/mol. The minimum atomic E-state index is -0.284. The van der Waals surface area contributed by atoms with Crippen LogP contribution in [0.25, 0.3) is 0 Å². The van der Waals surface area contributed by atoms with Gasteiger partial charge in [-0.1, -0.05) is 48.5 Å². The van der Waals surface area contributed by atoms with Gasteiger partial charge in [-0.15, -0.1) is 0 Å². The fraction of sp³-hybridized carbons (Fsp3) is 0.217. The van der Waals surface area contributed by atoms with Crippen LogP contribution in [0.3, 0.4) is 0 Å². The van der Waals surface area contributed by atoms with Gasteiger partial charge in [-0.3, -0.25) is 9.78 Å². The maximum Gasteiger partial charge on any atom is 0.223 e. The Hall–Kier alpha value is -2.94. The van der Waals surface area contributed by atoms with Gasteiger partial charge in [-0.05, 0) is 48.2 Å². The second-order valence-corrected chi connectivity index (χ2v) is 7.17. The third-order valence-corrected chi connectivity index (χ3v) is 5.28. The number of rotatable bonds is 3. The zero-order valence-corrected chi connectivity index (χ0v) is 15.1. The largest absolute Gasteiger partial charge is 0.311 e. The van der Waals surface area contributed by atoms with Crippen LogP contribution in [0.1, 0.15) is 36.2 Å². The Morgan fingerprint density at radius 3 is 2.50 bits per heavy atom. The molecule has 1 aromatic heterocycles. The first kappa shape index (κ1) is 16.5. The van der Waals surface area contributed by atoms with Crippen molar-refractivity contribution in [2.24, 2.45) is 0 Å². The molecule has 0 fully saturated rings. The zero-order chi connectivity index (χ0) is 18.1. The molecule has 130 valence electrons. The Kier molecular flexibility index (Phi) is 4.08. The van der Waals surface area contributed by atoms with Crippen molar-refractivity contribution in [3.05, 3.63) is 95.3 Å². The molecule has 0 bridgehead atoms. The lowest BCUT2D eigenvalue weighted by molar-refractivity contribution is -0.116. The van der Waals surface area contributed by atoms with Gasteiger partial charge in [-0.25, -0.2) is 0 Å². The van der Waals surface area contributed by atoms with Crippen molar-refractivity contribution >= 4 is 11.6 Å². The molecule has 1 atom stereocenters. The molecule has 1 unspecified atom stereocenters. The minimum Gasteiger partial charge on any atom is -0.311 e. The number of fused-ring (bicyclic) bond motifs is 1. The lowest BCUT2D eigenvalue weighted by atomic mass is 9.80. The molecule has 3 nitrogen and oxygen atoms in total. The maximum absolute atomic E-state index is 12.3. The van der Waals surface area contributed by atoms with Crippen LogP contribution in [0.4, 0.5) is 5.69 Å². The molecule has 3 heteroatoms. The highest BCUT2D eigenvalue weighted by molar-refractivity contribution is 5.95. The quantitative estimate of drug-likeness (QED) is 0.709. The molecule has 0 spiro atoms. The third-order valence-electron chi connectivity index (χ3n) is 5.28. The van der Waals surface area contributed by atoms with Gasteiger partial charge >= 0.3 is 0 Å². The van der Waals surface area contributed by atoms with Crippen LogP contribution in [0.15, 0.2) is 72.9 Å². The van der Waals surface area contributed by atoms with Crippen LogP contribution in [-0.4, -0.2) is 17.4 Å². The highest BCUT2D eigenvalue weighted by atomic mass is 16.2. The molecule has 0 aliphatic carbocycles. The molecule has 0 N–H and O–H groups in total. The number of benzene rings is 2. The van der Waals surface area contributed by atoms with Crippen molar-refractivity contribution in [2.45, 2.75) is 25.7 Å². The van der Waals surface area contributed by atoms with E-state index in [-0.39, 0.29) is 11.3 Å². The number of pyridine rings is 1. The summed E-state index contributed by atoms with van der Waals surface area (Å²) < 4.78 is 0. The first-order valence-corrected chi connectivity index (χ1v) is 8.95. The van der Waals surface area contributed by atoms with E-state index in [9.17, 15) is 4.79 Å². The molecule has 4 rings (SSSR count). The van der Waals surface area contributed by atoms with E-state index in [0.29, 0.717) is 6.54 Å². The van der Waals surface area contributed by atoms with Gasteiger partial charge < -0.3 is 4.90 Å². The average Bonchev–Trinajstić information content (AvgIpc) is 2.97. The summed E-state index contributed by atoms with van der Waals surface area (Å²) in [6.45, 7) is 4.44. The van der Waals surface area contributed by atoms with Gasteiger partial charge in [-0.2, -0.15) is 0 Å². The van der Waals surface area contributed by atoms with Crippen molar-refractivity contribution in [3.8, 4) is 0 Å². The third kappa shape index (κ3) is 2.80. The summed E-state index contributed by atoms with van der Waals surface area (Å²) >= 11 is 0. The van der Waals surface area contributed by atoms with E-state index >= 15 is 0 Å². The Morgan fingerprint density at radius 2 is 1.81 bits per heavy atom. The fourth-order valence-electron chi connectivity index (χ4n) is 3.88. The molecule has 1 aliphatic rings. The highest BCUT2D eigenvalue weighted by Gasteiger charge is 2.42. The lowest BCUT2D eigenvalue weighted by Gasteiger charge is -2.24. The number of carbonyl (C=O) groups excluding carboxylic acids is 1. The molecule has 0 radical (unpaired) electrons. The summed E-state index contributed by atoms with van der Waals surface area (Å²) in [6.07, 6.45) is 2.68. The number of aromatic nitrogens is 1. The number of anilines is 1. The van der Waals surface area contributed by atoms with Crippen LogP contribution in [0.5, 0.6) is 0 Å². The molecule has 0 saturated carbocycles. The van der Waals surface area contributed by atoms with Crippen LogP contribution in [-0.2, 0) is 16.6 Å². The first-order valence-electron chi connectivity index (χ1n) is 8.95. The van der Waals surface area contributed by atoms with Crippen LogP contribution >= 0.6 is 0 Å². The van der Waals surface area contributed by atoms with Gasteiger partial charge in [0.2, 0.25) is 5.91 Å². The van der Waals surface area contributed by atoms with E-state index in [1.165, 1.54) is 16.7 Å². The summed E-state index contributed by atoms with van der Waals surface area (Å²) in [6, 6.07) is 22.9. The van der Waals surface area contributed by atoms with Crippen LogP contribution in [0.2, 0.25) is 0 Å². The summed E-state index contributed by atoms with van der Waals surface area (Å²) in [4.78, 5) is 18.8. The molecular formula is C23H22N2O.